The summed E-state index contributed by atoms with van der Waals surface area (Å²) in [6.45, 7) is 3.76. The predicted molar refractivity (Wildman–Crippen MR) is 115 cm³/mol. The summed E-state index contributed by atoms with van der Waals surface area (Å²) in [6.07, 6.45) is 0.0417. The average molecular weight is 445 g/mol. The maximum absolute atomic E-state index is 13.5. The Morgan fingerprint density at radius 1 is 1.19 bits per heavy atom. The fraction of sp³-hybridized carbons (Fsp3) is 0.458. The lowest BCUT2D eigenvalue weighted by Gasteiger charge is -2.38. The molecule has 0 N–H and O–H groups in total. The van der Waals surface area contributed by atoms with Crippen molar-refractivity contribution < 1.29 is 32.9 Å². The summed E-state index contributed by atoms with van der Waals surface area (Å²) in [5.41, 5.74) is 1.03. The van der Waals surface area contributed by atoms with Gasteiger partial charge in [0.2, 0.25) is 6.79 Å². The molecule has 0 spiro atoms. The second-order valence-electron chi connectivity index (χ2n) is 8.13. The van der Waals surface area contributed by atoms with Crippen LogP contribution in [0.15, 0.2) is 42.5 Å². The van der Waals surface area contributed by atoms with Crippen LogP contribution in [0.3, 0.4) is 0 Å². The second-order valence-corrected chi connectivity index (χ2v) is 8.13. The number of nitrogens with zero attached hydrogens (tertiary/aromatic N) is 1. The Balaban J connectivity index is 1.46. The van der Waals surface area contributed by atoms with E-state index in [0.717, 1.165) is 12.0 Å². The van der Waals surface area contributed by atoms with Gasteiger partial charge in [0, 0.05) is 32.2 Å². The van der Waals surface area contributed by atoms with Gasteiger partial charge in [-0.2, -0.15) is 0 Å². The normalized spacial score (nSPS) is 20.7. The maximum atomic E-state index is 13.5. The number of halogens is 1. The van der Waals surface area contributed by atoms with Crippen LogP contribution in [0.1, 0.15) is 24.8 Å². The number of ether oxygens (including phenoxy) is 5. The lowest BCUT2D eigenvalue weighted by molar-refractivity contribution is 0.0166. The first-order valence-electron chi connectivity index (χ1n) is 10.8. The Hall–Kier alpha value is -3.00. The lowest BCUT2D eigenvalue weighted by atomic mass is 9.81. The summed E-state index contributed by atoms with van der Waals surface area (Å²) in [4.78, 5) is 14.4. The highest BCUT2D eigenvalue weighted by molar-refractivity contribution is 5.68. The predicted octanol–water partition coefficient (Wildman–Crippen LogP) is 4.21. The molecular weight excluding hydrogens is 417 g/mol. The van der Waals surface area contributed by atoms with Crippen molar-refractivity contribution in [1.82, 2.24) is 4.90 Å². The number of piperidine rings is 1. The van der Waals surface area contributed by atoms with Gasteiger partial charge in [0.15, 0.2) is 11.5 Å². The van der Waals surface area contributed by atoms with Crippen molar-refractivity contribution in [3.8, 4) is 17.2 Å². The van der Waals surface area contributed by atoms with Gasteiger partial charge < -0.3 is 28.6 Å². The molecule has 172 valence electrons. The van der Waals surface area contributed by atoms with Crippen molar-refractivity contribution >= 4 is 6.09 Å². The number of likely N-dealkylation sites (tertiary alicyclic amines) is 1. The molecule has 0 radical (unpaired) electrons. The van der Waals surface area contributed by atoms with E-state index in [4.69, 9.17) is 23.7 Å². The quantitative estimate of drug-likeness (QED) is 0.636. The summed E-state index contributed by atoms with van der Waals surface area (Å²) >= 11 is 0. The van der Waals surface area contributed by atoms with E-state index in [2.05, 4.69) is 0 Å². The molecule has 32 heavy (non-hydrogen) atoms. The van der Waals surface area contributed by atoms with Gasteiger partial charge >= 0.3 is 6.09 Å². The third-order valence-electron chi connectivity index (χ3n) is 5.80. The van der Waals surface area contributed by atoms with Crippen molar-refractivity contribution in [3.05, 3.63) is 53.8 Å². The molecule has 2 heterocycles. The van der Waals surface area contributed by atoms with E-state index in [1.165, 1.54) is 12.1 Å². The van der Waals surface area contributed by atoms with E-state index in [9.17, 15) is 9.18 Å². The molecule has 8 heteroatoms. The molecule has 1 unspecified atom stereocenters. The van der Waals surface area contributed by atoms with E-state index in [1.54, 1.807) is 25.0 Å². The minimum absolute atomic E-state index is 0.00455. The summed E-state index contributed by atoms with van der Waals surface area (Å²) < 4.78 is 40.8. The maximum Gasteiger partial charge on any atom is 0.410 e. The van der Waals surface area contributed by atoms with Crippen molar-refractivity contribution in [2.24, 2.45) is 5.92 Å². The van der Waals surface area contributed by atoms with Gasteiger partial charge in [-0.1, -0.05) is 12.1 Å². The Labute approximate surface area is 187 Å². The Bertz CT molecular complexity index is 921. The van der Waals surface area contributed by atoms with Crippen molar-refractivity contribution in [2.75, 3.05) is 40.2 Å². The highest BCUT2D eigenvalue weighted by Gasteiger charge is 2.34. The molecule has 1 amide bonds. The molecule has 2 aliphatic heterocycles. The minimum atomic E-state index is -0.361. The van der Waals surface area contributed by atoms with Gasteiger partial charge in [-0.25, -0.2) is 9.18 Å². The molecule has 0 aliphatic carbocycles. The first-order chi connectivity index (χ1) is 15.5. The smallest absolute Gasteiger partial charge is 0.410 e. The van der Waals surface area contributed by atoms with Crippen molar-refractivity contribution in [3.63, 3.8) is 0 Å². The Morgan fingerprint density at radius 3 is 2.75 bits per heavy atom. The van der Waals surface area contributed by atoms with E-state index >= 15 is 0 Å². The molecule has 2 aromatic rings. The van der Waals surface area contributed by atoms with Crippen LogP contribution in [0.2, 0.25) is 0 Å². The highest BCUT2D eigenvalue weighted by atomic mass is 19.1. The number of carbonyl (C=O) groups excluding carboxylic acids is 1. The number of fused-ring (bicyclic) bond motifs is 1. The zero-order valence-corrected chi connectivity index (χ0v) is 18.3. The average Bonchev–Trinajstić information content (AvgIpc) is 3.26. The van der Waals surface area contributed by atoms with Gasteiger partial charge in [0.25, 0.3) is 0 Å². The molecule has 0 saturated carbocycles. The molecule has 2 aromatic carbocycles. The van der Waals surface area contributed by atoms with Crippen LogP contribution in [0, 0.1) is 11.7 Å². The summed E-state index contributed by atoms with van der Waals surface area (Å²) in [5.74, 6) is 1.88. The number of rotatable bonds is 7. The van der Waals surface area contributed by atoms with Crippen LogP contribution in [0.25, 0.3) is 0 Å². The number of methoxy groups -OCH3 is 1. The molecule has 0 aromatic heterocycles. The SMILES string of the molecule is COCC(C)OC(=O)N1CC[C@@H](c2ccc(F)cc2)[C@H](COc2ccc3c(c2)OCO3)C1. The van der Waals surface area contributed by atoms with Gasteiger partial charge in [-0.3, -0.25) is 0 Å². The summed E-state index contributed by atoms with van der Waals surface area (Å²) in [7, 11) is 1.57. The number of benzene rings is 2. The minimum Gasteiger partial charge on any atom is -0.493 e. The van der Waals surface area contributed by atoms with Crippen LogP contribution < -0.4 is 14.2 Å². The number of amides is 1. The number of carbonyl (C=O) groups is 1. The molecular formula is C24H28FNO6. The number of hydrogen-bond donors (Lipinski definition) is 0. The Kier molecular flexibility index (Phi) is 6.99. The van der Waals surface area contributed by atoms with Gasteiger partial charge in [-0.15, -0.1) is 0 Å². The molecule has 3 atom stereocenters. The molecule has 4 rings (SSSR count). The largest absolute Gasteiger partial charge is 0.493 e. The van der Waals surface area contributed by atoms with Crippen LogP contribution in [-0.4, -0.2) is 57.3 Å². The third kappa shape index (κ3) is 5.24. The fourth-order valence-electron chi connectivity index (χ4n) is 4.20. The third-order valence-corrected chi connectivity index (χ3v) is 5.80. The molecule has 2 aliphatic rings. The van der Waals surface area contributed by atoms with Crippen molar-refractivity contribution in [2.45, 2.75) is 25.4 Å². The second kappa shape index (κ2) is 10.1. The molecule has 0 bridgehead atoms. The first kappa shape index (κ1) is 22.2. The zero-order chi connectivity index (χ0) is 22.5. The molecule has 7 nitrogen and oxygen atoms in total. The Morgan fingerprint density at radius 2 is 1.97 bits per heavy atom. The van der Waals surface area contributed by atoms with Crippen molar-refractivity contribution in [1.29, 1.82) is 0 Å². The fourth-order valence-corrected chi connectivity index (χ4v) is 4.20. The standard InChI is InChI=1S/C24H28FNO6/c1-16(13-28-2)32-24(27)26-10-9-21(17-3-5-19(25)6-4-17)18(12-26)14-29-20-7-8-22-23(11-20)31-15-30-22/h3-8,11,16,18,21H,9-10,12-15H2,1-2H3/t16?,18-,21-/m0/s1. The molecule has 1 fully saturated rings. The van der Waals surface area contributed by atoms with Gasteiger partial charge in [0.05, 0.1) is 13.2 Å². The summed E-state index contributed by atoms with van der Waals surface area (Å²) in [5, 5.41) is 0. The van der Waals surface area contributed by atoms with Crippen LogP contribution in [-0.2, 0) is 9.47 Å². The van der Waals surface area contributed by atoms with Crippen LogP contribution in [0.5, 0.6) is 17.2 Å². The van der Waals surface area contributed by atoms with E-state index in [-0.39, 0.29) is 36.6 Å². The van der Waals surface area contributed by atoms with E-state index in [1.807, 2.05) is 24.3 Å². The topological polar surface area (TPSA) is 66.5 Å². The zero-order valence-electron chi connectivity index (χ0n) is 18.3. The van der Waals surface area contributed by atoms with Gasteiger partial charge in [0.1, 0.15) is 17.7 Å². The van der Waals surface area contributed by atoms with Gasteiger partial charge in [-0.05, 0) is 49.1 Å². The number of hydrogen-bond acceptors (Lipinski definition) is 6. The first-order valence-corrected chi connectivity index (χ1v) is 10.8. The lowest BCUT2D eigenvalue weighted by Crippen LogP contribution is -2.46. The highest BCUT2D eigenvalue weighted by Crippen LogP contribution is 2.37. The molecule has 1 saturated heterocycles. The van der Waals surface area contributed by atoms with E-state index < -0.39 is 0 Å². The van der Waals surface area contributed by atoms with Crippen LogP contribution >= 0.6 is 0 Å². The van der Waals surface area contributed by atoms with Crippen LogP contribution in [0.4, 0.5) is 9.18 Å². The monoisotopic (exact) mass is 445 g/mol. The van der Waals surface area contributed by atoms with E-state index in [0.29, 0.717) is 43.6 Å². The summed E-state index contributed by atoms with van der Waals surface area (Å²) in [6, 6.07) is 12.0.